The summed E-state index contributed by atoms with van der Waals surface area (Å²) in [5, 5.41) is 15.9. The first kappa shape index (κ1) is 23.8. The zero-order valence-corrected chi connectivity index (χ0v) is 18.5. The lowest BCUT2D eigenvalue weighted by molar-refractivity contribution is 0.112. The predicted molar refractivity (Wildman–Crippen MR) is 126 cm³/mol. The second-order valence-corrected chi connectivity index (χ2v) is 7.92. The van der Waals surface area contributed by atoms with E-state index in [0.29, 0.717) is 24.3 Å². The molecular weight excluding hydrogens is 374 g/mol. The number of nitrogens with one attached hydrogen (secondary N) is 3. The number of aromatic amines is 1. The Morgan fingerprint density at radius 2 is 1.90 bits per heavy atom. The van der Waals surface area contributed by atoms with E-state index >= 15 is 0 Å². The lowest BCUT2D eigenvalue weighted by Crippen LogP contribution is -2.24. The van der Waals surface area contributed by atoms with E-state index in [4.69, 9.17) is 5.11 Å². The summed E-state index contributed by atoms with van der Waals surface area (Å²) in [5.41, 5.74) is 5.20. The van der Waals surface area contributed by atoms with Gasteiger partial charge in [0.1, 0.15) is 6.29 Å². The zero-order valence-electron chi connectivity index (χ0n) is 18.5. The maximum Gasteiger partial charge on any atom is 0.150 e. The number of aromatic nitrogens is 1. The molecule has 0 amide bonds. The van der Waals surface area contributed by atoms with Gasteiger partial charge in [0.2, 0.25) is 0 Å². The Morgan fingerprint density at radius 1 is 1.17 bits per heavy atom. The van der Waals surface area contributed by atoms with Crippen molar-refractivity contribution in [2.45, 2.75) is 45.7 Å². The highest BCUT2D eigenvalue weighted by Gasteiger charge is 2.10. The topological polar surface area (TPSA) is 77.2 Å². The molecule has 2 heterocycles. The Balaban J connectivity index is 0.000000220. The van der Waals surface area contributed by atoms with Crippen molar-refractivity contribution < 1.29 is 9.90 Å². The molecule has 0 aliphatic carbocycles. The van der Waals surface area contributed by atoms with E-state index in [1.165, 1.54) is 11.8 Å². The number of benzene rings is 2. The minimum absolute atomic E-state index is 0.306. The number of carbonyl (C=O) groups excluding carboxylic acids is 1. The zero-order chi connectivity index (χ0) is 21.9. The van der Waals surface area contributed by atoms with E-state index in [1.807, 2.05) is 38.2 Å². The molecule has 1 aromatic heterocycles. The van der Waals surface area contributed by atoms with Crippen LogP contribution >= 0.6 is 0 Å². The van der Waals surface area contributed by atoms with Gasteiger partial charge in [-0.05, 0) is 68.8 Å². The van der Waals surface area contributed by atoms with Gasteiger partial charge in [0, 0.05) is 34.2 Å². The molecule has 162 valence electrons. The third kappa shape index (κ3) is 7.41. The van der Waals surface area contributed by atoms with Crippen molar-refractivity contribution in [1.29, 1.82) is 0 Å². The number of rotatable bonds is 4. The summed E-state index contributed by atoms with van der Waals surface area (Å²) in [7, 11) is 1.95. The first-order valence-corrected chi connectivity index (χ1v) is 10.6. The molecule has 0 bridgehead atoms. The van der Waals surface area contributed by atoms with E-state index < -0.39 is 0 Å². The van der Waals surface area contributed by atoms with Crippen LogP contribution in [0.3, 0.4) is 0 Å². The molecule has 2 aromatic carbocycles. The van der Waals surface area contributed by atoms with Crippen LogP contribution in [0.1, 0.15) is 42.7 Å². The fourth-order valence-electron chi connectivity index (χ4n) is 3.16. The van der Waals surface area contributed by atoms with Crippen LogP contribution in [0.4, 0.5) is 0 Å². The second kappa shape index (κ2) is 12.3. The number of fused-ring (bicyclic) bond motifs is 1. The predicted octanol–water partition coefficient (Wildman–Crippen LogP) is 4.30. The molecule has 0 spiro atoms. The molecule has 1 atom stereocenters. The minimum Gasteiger partial charge on any atom is -0.395 e. The molecule has 0 saturated carbocycles. The first-order valence-electron chi connectivity index (χ1n) is 10.6. The maximum absolute atomic E-state index is 10.8. The fourth-order valence-corrected chi connectivity index (χ4v) is 3.16. The van der Waals surface area contributed by atoms with Crippen LogP contribution in [0, 0.1) is 6.92 Å². The molecule has 4 N–H and O–H groups in total. The molecule has 5 nitrogen and oxygen atoms in total. The van der Waals surface area contributed by atoms with Gasteiger partial charge in [-0.2, -0.15) is 0 Å². The van der Waals surface area contributed by atoms with E-state index in [1.54, 1.807) is 0 Å². The molecule has 1 saturated heterocycles. The summed E-state index contributed by atoms with van der Waals surface area (Å²) < 4.78 is 0. The number of hydrogen-bond acceptors (Lipinski definition) is 4. The van der Waals surface area contributed by atoms with E-state index in [0.717, 1.165) is 41.6 Å². The van der Waals surface area contributed by atoms with Crippen molar-refractivity contribution in [2.24, 2.45) is 0 Å². The molecule has 1 aliphatic heterocycles. The summed E-state index contributed by atoms with van der Waals surface area (Å²) in [4.78, 5) is 14.1. The highest BCUT2D eigenvalue weighted by atomic mass is 16.3. The van der Waals surface area contributed by atoms with Gasteiger partial charge in [-0.15, -0.1) is 0 Å². The van der Waals surface area contributed by atoms with Gasteiger partial charge in [0.25, 0.3) is 0 Å². The first-order chi connectivity index (χ1) is 14.5. The lowest BCUT2D eigenvalue weighted by Gasteiger charge is -2.02. The van der Waals surface area contributed by atoms with Crippen molar-refractivity contribution in [3.05, 3.63) is 59.8 Å². The summed E-state index contributed by atoms with van der Waals surface area (Å²) in [5.74, 6) is 0. The second-order valence-electron chi connectivity index (χ2n) is 7.92. The Bertz CT molecular complexity index is 912. The molecule has 3 aromatic rings. The lowest BCUT2D eigenvalue weighted by atomic mass is 10.0. The number of aldehydes is 1. The smallest absolute Gasteiger partial charge is 0.150 e. The number of H-pyrrole nitrogens is 1. The largest absolute Gasteiger partial charge is 0.395 e. The quantitative estimate of drug-likeness (QED) is 0.485. The van der Waals surface area contributed by atoms with Crippen LogP contribution in [-0.4, -0.2) is 48.7 Å². The van der Waals surface area contributed by atoms with Crippen LogP contribution in [0.2, 0.25) is 0 Å². The summed E-state index contributed by atoms with van der Waals surface area (Å²) >= 11 is 0. The average molecular weight is 410 g/mol. The van der Waals surface area contributed by atoms with Crippen molar-refractivity contribution in [1.82, 2.24) is 15.6 Å². The summed E-state index contributed by atoms with van der Waals surface area (Å²) in [6.07, 6.45) is 3.25. The third-order valence-electron chi connectivity index (χ3n) is 5.07. The highest BCUT2D eigenvalue weighted by Crippen LogP contribution is 2.25. The molecule has 1 aliphatic rings. The molecule has 0 radical (unpaired) electrons. The van der Waals surface area contributed by atoms with Crippen LogP contribution < -0.4 is 10.6 Å². The minimum atomic E-state index is 0.306. The molecule has 30 heavy (non-hydrogen) atoms. The number of aryl methyl sites for hydroxylation is 1. The number of aliphatic hydroxyl groups is 1. The molecular formula is C25H35N3O2. The molecule has 1 fully saturated rings. The van der Waals surface area contributed by atoms with Gasteiger partial charge in [-0.1, -0.05) is 38.1 Å². The average Bonchev–Trinajstić information content (AvgIpc) is 3.42. The Hall–Kier alpha value is -2.47. The van der Waals surface area contributed by atoms with Crippen LogP contribution in [-0.2, 0) is 0 Å². The van der Waals surface area contributed by atoms with Gasteiger partial charge >= 0.3 is 0 Å². The fraction of sp³-hybridized carbons (Fsp3) is 0.400. The normalized spacial score (nSPS) is 15.3. The molecule has 1 unspecified atom stereocenters. The number of aliphatic hydroxyl groups excluding tert-OH is 1. The van der Waals surface area contributed by atoms with Crippen LogP contribution in [0.5, 0.6) is 0 Å². The SMILES string of the molecule is CNC(C)C.Cc1cc2cc(-c3cccc(C=O)c3)ccc2[nH]1.OCC1CCCN1. The monoisotopic (exact) mass is 409 g/mol. The van der Waals surface area contributed by atoms with Gasteiger partial charge in [0.15, 0.2) is 0 Å². The van der Waals surface area contributed by atoms with Crippen molar-refractivity contribution in [2.75, 3.05) is 20.2 Å². The molecule has 4 rings (SSSR count). The van der Waals surface area contributed by atoms with Crippen molar-refractivity contribution in [3.8, 4) is 11.1 Å². The van der Waals surface area contributed by atoms with Crippen LogP contribution in [0.25, 0.3) is 22.0 Å². The Kier molecular flexibility index (Phi) is 9.74. The van der Waals surface area contributed by atoms with Crippen molar-refractivity contribution >= 4 is 17.2 Å². The Labute approximate surface area is 179 Å². The summed E-state index contributed by atoms with van der Waals surface area (Å²) in [6.45, 7) is 7.66. The number of carbonyl (C=O) groups is 1. The standard InChI is InChI=1S/C16H13NO.C5H11NO.C4H11N/c1-11-7-15-9-14(5-6-16(15)17-11)13-4-2-3-12(8-13)10-18;7-4-5-2-1-3-6-5;1-4(2)5-3/h2-10,17H,1H3;5-7H,1-4H2;4-5H,1-3H3. The van der Waals surface area contributed by atoms with Crippen LogP contribution in [0.15, 0.2) is 48.5 Å². The van der Waals surface area contributed by atoms with Crippen molar-refractivity contribution in [3.63, 3.8) is 0 Å². The van der Waals surface area contributed by atoms with Gasteiger partial charge in [-0.3, -0.25) is 4.79 Å². The third-order valence-corrected chi connectivity index (χ3v) is 5.07. The summed E-state index contributed by atoms with van der Waals surface area (Å²) in [6, 6.07) is 17.1. The Morgan fingerprint density at radius 3 is 2.47 bits per heavy atom. The maximum atomic E-state index is 10.8. The van der Waals surface area contributed by atoms with Gasteiger partial charge < -0.3 is 20.7 Å². The van der Waals surface area contributed by atoms with E-state index in [9.17, 15) is 4.79 Å². The van der Waals surface area contributed by atoms with Gasteiger partial charge in [-0.25, -0.2) is 0 Å². The molecule has 5 heteroatoms. The van der Waals surface area contributed by atoms with E-state index in [2.05, 4.69) is 53.7 Å². The van der Waals surface area contributed by atoms with E-state index in [-0.39, 0.29) is 0 Å². The number of hydrogen-bond donors (Lipinski definition) is 4. The van der Waals surface area contributed by atoms with Gasteiger partial charge in [0.05, 0.1) is 6.61 Å². The highest BCUT2D eigenvalue weighted by molar-refractivity contribution is 5.87.